The summed E-state index contributed by atoms with van der Waals surface area (Å²) in [6.07, 6.45) is -4.87. The number of nitrogens with zero attached hydrogens (tertiary/aromatic N) is 1. The number of hydrogen-bond acceptors (Lipinski definition) is 4. The topological polar surface area (TPSA) is 47.7 Å². The highest BCUT2D eigenvalue weighted by Gasteiger charge is 2.32. The van der Waals surface area contributed by atoms with E-state index in [-0.39, 0.29) is 23.6 Å². The highest BCUT2D eigenvalue weighted by Crippen LogP contribution is 2.33. The van der Waals surface area contributed by atoms with Gasteiger partial charge in [-0.3, -0.25) is 0 Å². The van der Waals surface area contributed by atoms with Gasteiger partial charge in [-0.2, -0.15) is 0 Å². The Bertz CT molecular complexity index is 718. The van der Waals surface area contributed by atoms with Crippen molar-refractivity contribution < 1.29 is 27.0 Å². The van der Waals surface area contributed by atoms with Gasteiger partial charge >= 0.3 is 6.36 Å². The second kappa shape index (κ2) is 6.96. The summed E-state index contributed by atoms with van der Waals surface area (Å²) in [7, 11) is 1.46. The van der Waals surface area contributed by atoms with Crippen molar-refractivity contribution in [2.75, 3.05) is 12.1 Å². The summed E-state index contributed by atoms with van der Waals surface area (Å²) in [6, 6.07) is 8.33. The Balaban J connectivity index is 2.32. The smallest absolute Gasteiger partial charge is 0.486 e. The predicted molar refractivity (Wildman–Crippen MR) is 81.2 cm³/mol. The van der Waals surface area contributed by atoms with Gasteiger partial charge in [0.05, 0.1) is 11.3 Å². The average Bonchev–Trinajstić information content (AvgIpc) is 2.45. The zero-order valence-electron chi connectivity index (χ0n) is 13.0. The Kier molecular flexibility index (Phi) is 5.18. The number of anilines is 1. The van der Waals surface area contributed by atoms with Crippen molar-refractivity contribution in [3.05, 3.63) is 53.3 Å². The zero-order chi connectivity index (χ0) is 17.9. The maximum atomic E-state index is 13.8. The molecule has 0 unspecified atom stereocenters. The molecule has 0 saturated heterocycles. The molecular formula is C16H16F4N2O2. The zero-order valence-corrected chi connectivity index (χ0v) is 13.0. The van der Waals surface area contributed by atoms with Crippen LogP contribution < -0.4 is 20.3 Å². The van der Waals surface area contributed by atoms with Crippen LogP contribution >= 0.6 is 0 Å². The lowest BCUT2D eigenvalue weighted by molar-refractivity contribution is -0.275. The van der Waals surface area contributed by atoms with Crippen molar-refractivity contribution in [2.45, 2.75) is 19.9 Å². The first kappa shape index (κ1) is 17.9. The molecule has 0 aliphatic heterocycles. The van der Waals surface area contributed by atoms with E-state index in [0.29, 0.717) is 5.56 Å². The summed E-state index contributed by atoms with van der Waals surface area (Å²) < 4.78 is 60.8. The van der Waals surface area contributed by atoms with E-state index in [1.54, 1.807) is 13.0 Å². The normalized spacial score (nSPS) is 11.3. The molecule has 0 heterocycles. The van der Waals surface area contributed by atoms with Crippen LogP contribution in [0.5, 0.6) is 11.5 Å². The van der Waals surface area contributed by atoms with Crippen LogP contribution in [0.1, 0.15) is 11.1 Å². The number of benzene rings is 2. The number of rotatable bonds is 5. The fourth-order valence-electron chi connectivity index (χ4n) is 2.12. The fourth-order valence-corrected chi connectivity index (χ4v) is 2.12. The number of halogens is 4. The molecule has 24 heavy (non-hydrogen) atoms. The van der Waals surface area contributed by atoms with E-state index in [0.717, 1.165) is 11.1 Å². The Morgan fingerprint density at radius 1 is 1.12 bits per heavy atom. The van der Waals surface area contributed by atoms with Gasteiger partial charge in [0.25, 0.3) is 0 Å². The molecule has 2 rings (SSSR count). The molecule has 4 nitrogen and oxygen atoms in total. The predicted octanol–water partition coefficient (Wildman–Crippen LogP) is 3.92. The van der Waals surface area contributed by atoms with Crippen LogP contribution in [-0.4, -0.2) is 13.4 Å². The third-order valence-electron chi connectivity index (χ3n) is 3.17. The lowest BCUT2D eigenvalue weighted by atomic mass is 10.1. The quantitative estimate of drug-likeness (QED) is 0.507. The van der Waals surface area contributed by atoms with Crippen LogP contribution in [0.3, 0.4) is 0 Å². The highest BCUT2D eigenvalue weighted by atomic mass is 19.4. The molecule has 2 aromatic rings. The molecule has 0 atom stereocenters. The Labute approximate surface area is 136 Å². The molecule has 0 saturated carbocycles. The number of hydrazine groups is 1. The standard InChI is InChI=1S/C16H16F4N2O2/c1-10-6-7-15(12(17)8-10)23-9-11-13(22(2)21)4-3-5-14(11)24-16(18,19)20/h3-8H,9,21H2,1-2H3. The van der Waals surface area contributed by atoms with Gasteiger partial charge in [0, 0.05) is 7.05 Å². The van der Waals surface area contributed by atoms with Crippen molar-refractivity contribution >= 4 is 5.69 Å². The molecule has 2 aromatic carbocycles. The number of alkyl halides is 3. The first-order chi connectivity index (χ1) is 11.2. The van der Waals surface area contributed by atoms with E-state index in [1.165, 1.54) is 31.3 Å². The molecule has 2 N–H and O–H groups in total. The number of hydrogen-bond donors (Lipinski definition) is 1. The van der Waals surface area contributed by atoms with Gasteiger partial charge in [-0.05, 0) is 36.8 Å². The van der Waals surface area contributed by atoms with Crippen LogP contribution in [0.4, 0.5) is 23.2 Å². The van der Waals surface area contributed by atoms with Crippen molar-refractivity contribution in [1.29, 1.82) is 0 Å². The maximum Gasteiger partial charge on any atom is 0.573 e. The molecule has 0 amide bonds. The number of ether oxygens (including phenoxy) is 2. The Hall–Kier alpha value is -2.48. The number of nitrogens with two attached hydrogens (primary N) is 1. The monoisotopic (exact) mass is 344 g/mol. The minimum Gasteiger partial charge on any atom is -0.486 e. The lowest BCUT2D eigenvalue weighted by Gasteiger charge is -2.21. The fraction of sp³-hybridized carbons (Fsp3) is 0.250. The van der Waals surface area contributed by atoms with Gasteiger partial charge in [0.1, 0.15) is 12.4 Å². The van der Waals surface area contributed by atoms with E-state index >= 15 is 0 Å². The second-order valence-corrected chi connectivity index (χ2v) is 5.14. The van der Waals surface area contributed by atoms with E-state index in [9.17, 15) is 17.6 Å². The molecule has 0 aliphatic carbocycles. The molecular weight excluding hydrogens is 328 g/mol. The van der Waals surface area contributed by atoms with Crippen molar-refractivity contribution in [3.8, 4) is 11.5 Å². The molecule has 0 aromatic heterocycles. The molecule has 0 fully saturated rings. The van der Waals surface area contributed by atoms with Crippen molar-refractivity contribution in [3.63, 3.8) is 0 Å². The Morgan fingerprint density at radius 3 is 2.42 bits per heavy atom. The largest absolute Gasteiger partial charge is 0.573 e. The molecule has 0 radical (unpaired) electrons. The molecule has 130 valence electrons. The SMILES string of the molecule is Cc1ccc(OCc2c(OC(F)(F)F)cccc2N(C)N)c(F)c1. The van der Waals surface area contributed by atoms with E-state index in [1.807, 2.05) is 0 Å². The minimum absolute atomic E-state index is 0.0554. The van der Waals surface area contributed by atoms with Crippen LogP contribution in [-0.2, 0) is 6.61 Å². The first-order valence-corrected chi connectivity index (χ1v) is 6.92. The molecule has 0 bridgehead atoms. The third kappa shape index (κ3) is 4.51. The van der Waals surface area contributed by atoms with Crippen molar-refractivity contribution in [2.24, 2.45) is 5.84 Å². The lowest BCUT2D eigenvalue weighted by Crippen LogP contribution is -2.27. The third-order valence-corrected chi connectivity index (χ3v) is 3.17. The molecule has 0 aliphatic rings. The summed E-state index contributed by atoms with van der Waals surface area (Å²) in [4.78, 5) is 0. The summed E-state index contributed by atoms with van der Waals surface area (Å²) >= 11 is 0. The van der Waals surface area contributed by atoms with Gasteiger partial charge in [0.2, 0.25) is 0 Å². The average molecular weight is 344 g/mol. The summed E-state index contributed by atoms with van der Waals surface area (Å²) in [5.41, 5.74) is 1.02. The van der Waals surface area contributed by atoms with Gasteiger partial charge in [0.15, 0.2) is 11.6 Å². The highest BCUT2D eigenvalue weighted by molar-refractivity contribution is 5.58. The summed E-state index contributed by atoms with van der Waals surface area (Å²) in [5, 5.41) is 1.13. The summed E-state index contributed by atoms with van der Waals surface area (Å²) in [6.45, 7) is 1.37. The van der Waals surface area contributed by atoms with E-state index in [2.05, 4.69) is 4.74 Å². The second-order valence-electron chi connectivity index (χ2n) is 5.14. The summed E-state index contributed by atoms with van der Waals surface area (Å²) in [5.74, 6) is 4.50. The van der Waals surface area contributed by atoms with Crippen LogP contribution in [0.25, 0.3) is 0 Å². The van der Waals surface area contributed by atoms with Gasteiger partial charge in [-0.1, -0.05) is 12.1 Å². The molecule has 0 spiro atoms. The van der Waals surface area contributed by atoms with Crippen molar-refractivity contribution in [1.82, 2.24) is 0 Å². The van der Waals surface area contributed by atoms with E-state index in [4.69, 9.17) is 10.6 Å². The van der Waals surface area contributed by atoms with Crippen LogP contribution in [0, 0.1) is 12.7 Å². The Morgan fingerprint density at radius 2 is 1.83 bits per heavy atom. The minimum atomic E-state index is -4.87. The van der Waals surface area contributed by atoms with Gasteiger partial charge in [-0.25, -0.2) is 10.2 Å². The first-order valence-electron chi connectivity index (χ1n) is 6.92. The van der Waals surface area contributed by atoms with Crippen LogP contribution in [0.15, 0.2) is 36.4 Å². The van der Waals surface area contributed by atoms with E-state index < -0.39 is 17.9 Å². The number of aryl methyl sites for hydroxylation is 1. The van der Waals surface area contributed by atoms with Gasteiger partial charge < -0.3 is 14.5 Å². The van der Waals surface area contributed by atoms with Gasteiger partial charge in [-0.15, -0.1) is 13.2 Å². The van der Waals surface area contributed by atoms with Crippen LogP contribution in [0.2, 0.25) is 0 Å². The maximum absolute atomic E-state index is 13.8. The molecule has 8 heteroatoms.